The van der Waals surface area contributed by atoms with Crippen molar-refractivity contribution < 1.29 is 19.2 Å². The molecule has 0 aliphatic rings. The number of hydrogen-bond acceptors (Lipinski definition) is 8. The van der Waals surface area contributed by atoms with E-state index in [0.717, 1.165) is 90.6 Å². The minimum absolute atomic E-state index is 0.100. The summed E-state index contributed by atoms with van der Waals surface area (Å²) >= 11 is 0. The fourth-order valence-corrected chi connectivity index (χ4v) is 10.6. The van der Waals surface area contributed by atoms with Gasteiger partial charge >= 0.3 is 0 Å². The standard InChI is InChI=1S/C66H134N8O4/c1-9-13-17-21-25-29-33-37-41-59(5)69-63(75)45-49-67-51-55-73(53-47-65(77)71-61(7)43-39-35-31-27-23-19-15-11-3)57-58-74(54-48-66(78)72-62(8)44-40-36-32-28-24-20-16-12-4)56-52-68-50-46-64(76)70-60(6)42-38-34-30-26-22-18-14-10-2/h59-62,67-68H,9-58H2,1-8H3,(H,69,75)(H,70,76)(H,71,77)(H,72,78). The molecule has 0 saturated carbocycles. The molecule has 0 radical (unpaired) electrons. The Bertz CT molecular complexity index is 1240. The van der Waals surface area contributed by atoms with Gasteiger partial charge in [-0.2, -0.15) is 0 Å². The molecule has 6 N–H and O–H groups in total. The van der Waals surface area contributed by atoms with Crippen molar-refractivity contribution in [2.24, 2.45) is 0 Å². The number of hydrogen-bond donors (Lipinski definition) is 6. The minimum Gasteiger partial charge on any atom is -0.354 e. The third-order valence-corrected chi connectivity index (χ3v) is 15.9. The molecule has 0 aliphatic heterocycles. The van der Waals surface area contributed by atoms with Gasteiger partial charge in [0.05, 0.1) is 0 Å². The van der Waals surface area contributed by atoms with Gasteiger partial charge in [0.15, 0.2) is 0 Å². The first kappa shape index (κ1) is 75.7. The molecular weight excluding hydrogens is 969 g/mol. The molecule has 0 heterocycles. The van der Waals surface area contributed by atoms with Crippen LogP contribution in [0.3, 0.4) is 0 Å². The molecule has 0 aromatic carbocycles. The lowest BCUT2D eigenvalue weighted by molar-refractivity contribution is -0.123. The summed E-state index contributed by atoms with van der Waals surface area (Å²) < 4.78 is 0. The first-order valence-corrected chi connectivity index (χ1v) is 34.0. The maximum Gasteiger partial charge on any atom is 0.221 e. The summed E-state index contributed by atoms with van der Waals surface area (Å²) in [5.41, 5.74) is 0. The van der Waals surface area contributed by atoms with Crippen LogP contribution in [0.4, 0.5) is 0 Å². The topological polar surface area (TPSA) is 147 Å². The van der Waals surface area contributed by atoms with Gasteiger partial charge in [-0.25, -0.2) is 0 Å². The molecule has 4 atom stereocenters. The van der Waals surface area contributed by atoms with E-state index < -0.39 is 0 Å². The molecule has 12 nitrogen and oxygen atoms in total. The number of rotatable bonds is 61. The Labute approximate surface area is 484 Å². The van der Waals surface area contributed by atoms with Gasteiger partial charge in [-0.1, -0.05) is 233 Å². The summed E-state index contributed by atoms with van der Waals surface area (Å²) in [4.78, 5) is 57.2. The van der Waals surface area contributed by atoms with Crippen LogP contribution >= 0.6 is 0 Å². The van der Waals surface area contributed by atoms with Gasteiger partial charge in [0.2, 0.25) is 23.6 Å². The average Bonchev–Trinajstić information content (AvgIpc) is 3.40. The lowest BCUT2D eigenvalue weighted by Crippen LogP contribution is -2.44. The molecule has 0 saturated heterocycles. The largest absolute Gasteiger partial charge is 0.354 e. The highest BCUT2D eigenvalue weighted by Gasteiger charge is 2.16. The highest BCUT2D eigenvalue weighted by atomic mass is 16.2. The monoisotopic (exact) mass is 1100 g/mol. The molecule has 0 rings (SSSR count). The van der Waals surface area contributed by atoms with Crippen molar-refractivity contribution in [2.45, 2.75) is 336 Å². The molecule has 4 amide bonds. The van der Waals surface area contributed by atoms with Crippen LogP contribution in [0.5, 0.6) is 0 Å². The zero-order valence-corrected chi connectivity index (χ0v) is 53.2. The Kier molecular flexibility index (Phi) is 56.2. The quantitative estimate of drug-likeness (QED) is 0.0330. The maximum atomic E-state index is 13.4. The highest BCUT2D eigenvalue weighted by Crippen LogP contribution is 2.15. The Morgan fingerprint density at radius 1 is 0.269 bits per heavy atom. The van der Waals surface area contributed by atoms with E-state index in [1.165, 1.54) is 180 Å². The van der Waals surface area contributed by atoms with Crippen molar-refractivity contribution in [3.8, 4) is 0 Å². The van der Waals surface area contributed by atoms with Crippen molar-refractivity contribution in [2.75, 3.05) is 65.4 Å². The first-order valence-electron chi connectivity index (χ1n) is 34.0. The van der Waals surface area contributed by atoms with Crippen LogP contribution in [-0.4, -0.2) is 123 Å². The lowest BCUT2D eigenvalue weighted by Gasteiger charge is -2.28. The predicted molar refractivity (Wildman–Crippen MR) is 336 cm³/mol. The number of amides is 4. The zero-order chi connectivity index (χ0) is 57.4. The van der Waals surface area contributed by atoms with E-state index in [1.54, 1.807) is 0 Å². The van der Waals surface area contributed by atoms with Crippen molar-refractivity contribution in [1.29, 1.82) is 0 Å². The summed E-state index contributed by atoms with van der Waals surface area (Å²) in [5.74, 6) is 0.403. The first-order chi connectivity index (χ1) is 37.9. The van der Waals surface area contributed by atoms with E-state index in [-0.39, 0.29) is 47.8 Å². The Balaban J connectivity index is 5.46. The third kappa shape index (κ3) is 54.3. The van der Waals surface area contributed by atoms with Crippen molar-refractivity contribution in [3.05, 3.63) is 0 Å². The number of nitrogens with zero attached hydrogens (tertiary/aromatic N) is 2. The fraction of sp³-hybridized carbons (Fsp3) is 0.939. The summed E-state index contributed by atoms with van der Waals surface area (Å²) in [6.07, 6.45) is 47.1. The van der Waals surface area contributed by atoms with Crippen molar-refractivity contribution in [1.82, 2.24) is 41.7 Å². The van der Waals surface area contributed by atoms with Gasteiger partial charge in [-0.05, 0) is 53.4 Å². The van der Waals surface area contributed by atoms with Gasteiger partial charge in [-0.15, -0.1) is 0 Å². The second-order valence-corrected chi connectivity index (χ2v) is 24.1. The van der Waals surface area contributed by atoms with Crippen LogP contribution < -0.4 is 31.9 Å². The second kappa shape index (κ2) is 57.9. The maximum absolute atomic E-state index is 13.4. The number of carbonyl (C=O) groups excluding carboxylic acids is 4. The second-order valence-electron chi connectivity index (χ2n) is 24.1. The molecule has 0 aliphatic carbocycles. The lowest BCUT2D eigenvalue weighted by atomic mass is 10.1. The normalized spacial score (nSPS) is 13.2. The fourth-order valence-electron chi connectivity index (χ4n) is 10.6. The SMILES string of the molecule is CCCCCCCCCCC(C)NC(=O)CCNCCN(CCC(=O)NC(C)CCCCCCCCCC)CCN(CCNCCC(=O)NC(C)CCCCCCCCCC)CCC(=O)NC(C)CCCCCCCCCC. The van der Waals surface area contributed by atoms with E-state index in [9.17, 15) is 19.2 Å². The minimum atomic E-state index is 0.100. The van der Waals surface area contributed by atoms with Crippen molar-refractivity contribution >= 4 is 23.6 Å². The van der Waals surface area contributed by atoms with Gasteiger partial charge in [0, 0.05) is 115 Å². The Morgan fingerprint density at radius 3 is 0.731 bits per heavy atom. The third-order valence-electron chi connectivity index (χ3n) is 15.9. The predicted octanol–water partition coefficient (Wildman–Crippen LogP) is 14.5. The average molecular weight is 1100 g/mol. The van der Waals surface area contributed by atoms with Crippen LogP contribution in [0, 0.1) is 0 Å². The molecule has 0 spiro atoms. The van der Waals surface area contributed by atoms with E-state index in [2.05, 4.69) is 97.1 Å². The molecule has 0 aromatic heterocycles. The summed E-state index contributed by atoms with van der Waals surface area (Å²) in [5, 5.41) is 20.1. The number of carbonyl (C=O) groups is 4. The van der Waals surface area contributed by atoms with Gasteiger partial charge in [-0.3, -0.25) is 19.2 Å². The molecule has 462 valence electrons. The molecule has 78 heavy (non-hydrogen) atoms. The van der Waals surface area contributed by atoms with E-state index in [1.807, 2.05) is 0 Å². The molecule has 0 fully saturated rings. The Morgan fingerprint density at radius 2 is 0.487 bits per heavy atom. The summed E-state index contributed by atoms with van der Waals surface area (Å²) in [6.45, 7) is 24.6. The molecule has 0 bridgehead atoms. The van der Waals surface area contributed by atoms with Crippen molar-refractivity contribution in [3.63, 3.8) is 0 Å². The molecule has 12 heteroatoms. The zero-order valence-electron chi connectivity index (χ0n) is 53.2. The summed E-state index contributed by atoms with van der Waals surface area (Å²) in [7, 11) is 0. The molecular formula is C66H134N8O4. The van der Waals surface area contributed by atoms with E-state index >= 15 is 0 Å². The van der Waals surface area contributed by atoms with Gasteiger partial charge in [0.25, 0.3) is 0 Å². The van der Waals surface area contributed by atoms with Crippen LogP contribution in [0.15, 0.2) is 0 Å². The van der Waals surface area contributed by atoms with Gasteiger partial charge < -0.3 is 41.7 Å². The highest BCUT2D eigenvalue weighted by molar-refractivity contribution is 5.77. The van der Waals surface area contributed by atoms with Crippen LogP contribution in [0.25, 0.3) is 0 Å². The van der Waals surface area contributed by atoms with Crippen LogP contribution in [0.2, 0.25) is 0 Å². The van der Waals surface area contributed by atoms with Crippen LogP contribution in [0.1, 0.15) is 312 Å². The number of nitrogens with one attached hydrogen (secondary N) is 6. The molecule has 4 unspecified atom stereocenters. The van der Waals surface area contributed by atoms with Gasteiger partial charge in [0.1, 0.15) is 0 Å². The number of unbranched alkanes of at least 4 members (excludes halogenated alkanes) is 28. The van der Waals surface area contributed by atoms with E-state index in [0.29, 0.717) is 51.9 Å². The van der Waals surface area contributed by atoms with Crippen LogP contribution in [-0.2, 0) is 19.2 Å². The summed E-state index contributed by atoms with van der Waals surface area (Å²) in [6, 6.07) is 0.704. The molecule has 0 aromatic rings. The smallest absolute Gasteiger partial charge is 0.221 e. The van der Waals surface area contributed by atoms with E-state index in [4.69, 9.17) is 0 Å². The Hall–Kier alpha value is -2.28.